The van der Waals surface area contributed by atoms with E-state index in [4.69, 9.17) is 0 Å². The van der Waals surface area contributed by atoms with Gasteiger partial charge < -0.3 is 9.88 Å². The maximum absolute atomic E-state index is 13.6. The van der Waals surface area contributed by atoms with E-state index in [9.17, 15) is 9.18 Å². The minimum atomic E-state index is -0.248. The van der Waals surface area contributed by atoms with Crippen molar-refractivity contribution < 1.29 is 9.18 Å². The summed E-state index contributed by atoms with van der Waals surface area (Å²) < 4.78 is 14.3. The largest absolute Gasteiger partial charge is 0.361 e. The van der Waals surface area contributed by atoms with Crippen molar-refractivity contribution in [2.75, 3.05) is 13.1 Å². The molecule has 1 N–H and O–H groups in total. The molecule has 0 radical (unpaired) electrons. The van der Waals surface area contributed by atoms with Crippen molar-refractivity contribution in [1.29, 1.82) is 0 Å². The number of rotatable bonds is 6. The maximum Gasteiger partial charge on any atom is 0.273 e. The second kappa shape index (κ2) is 7.19. The highest BCUT2D eigenvalue weighted by Crippen LogP contribution is 2.31. The lowest BCUT2D eigenvalue weighted by molar-refractivity contribution is 0.0742. The van der Waals surface area contributed by atoms with Crippen LogP contribution in [0.1, 0.15) is 28.9 Å². The molecular weight excluding hydrogens is 397 g/mol. The van der Waals surface area contributed by atoms with E-state index in [1.54, 1.807) is 24.4 Å². The van der Waals surface area contributed by atoms with Crippen molar-refractivity contribution in [1.82, 2.24) is 14.9 Å². The lowest BCUT2D eigenvalue weighted by Gasteiger charge is -2.22. The van der Waals surface area contributed by atoms with Crippen molar-refractivity contribution in [3.63, 3.8) is 0 Å². The molecule has 0 atom stereocenters. The van der Waals surface area contributed by atoms with Gasteiger partial charge in [0.05, 0.1) is 0 Å². The number of carbonyl (C=O) groups excluding carboxylic acids is 1. The van der Waals surface area contributed by atoms with Crippen LogP contribution < -0.4 is 0 Å². The average molecular weight is 416 g/mol. The topological polar surface area (TPSA) is 49.0 Å². The van der Waals surface area contributed by atoms with Crippen LogP contribution in [-0.2, 0) is 6.42 Å². The highest BCUT2D eigenvalue weighted by atomic mass is 79.9. The molecule has 3 aromatic rings. The molecule has 134 valence electrons. The van der Waals surface area contributed by atoms with E-state index in [0.717, 1.165) is 23.0 Å². The van der Waals surface area contributed by atoms with Crippen LogP contribution >= 0.6 is 15.9 Å². The van der Waals surface area contributed by atoms with Gasteiger partial charge in [-0.15, -0.1) is 0 Å². The molecule has 1 fully saturated rings. The zero-order valence-electron chi connectivity index (χ0n) is 14.2. The fourth-order valence-electron chi connectivity index (χ4n) is 3.19. The van der Waals surface area contributed by atoms with E-state index in [0.29, 0.717) is 29.1 Å². The highest BCUT2D eigenvalue weighted by molar-refractivity contribution is 9.10. The van der Waals surface area contributed by atoms with Gasteiger partial charge >= 0.3 is 0 Å². The van der Waals surface area contributed by atoms with E-state index >= 15 is 0 Å². The lowest BCUT2D eigenvalue weighted by atomic mass is 10.1. The van der Waals surface area contributed by atoms with Crippen molar-refractivity contribution in [3.8, 4) is 0 Å². The number of hydrogen-bond donors (Lipinski definition) is 1. The summed E-state index contributed by atoms with van der Waals surface area (Å²) in [5.41, 5.74) is 2.38. The van der Waals surface area contributed by atoms with Crippen LogP contribution in [0.25, 0.3) is 10.9 Å². The summed E-state index contributed by atoms with van der Waals surface area (Å²) in [6.45, 7) is 1.33. The molecule has 1 aromatic carbocycles. The molecule has 4 rings (SSSR count). The number of benzene rings is 1. The number of pyridine rings is 1. The Hall–Kier alpha value is -2.21. The summed E-state index contributed by atoms with van der Waals surface area (Å²) in [6, 6.07) is 8.37. The molecule has 2 heterocycles. The van der Waals surface area contributed by atoms with Gasteiger partial charge in [0, 0.05) is 40.9 Å². The number of nitrogens with one attached hydrogen (secondary N) is 1. The van der Waals surface area contributed by atoms with Crippen molar-refractivity contribution >= 4 is 32.7 Å². The van der Waals surface area contributed by atoms with Crippen LogP contribution in [-0.4, -0.2) is 33.9 Å². The summed E-state index contributed by atoms with van der Waals surface area (Å²) in [7, 11) is 0. The third kappa shape index (κ3) is 3.65. The van der Waals surface area contributed by atoms with Gasteiger partial charge in [-0.25, -0.2) is 9.37 Å². The van der Waals surface area contributed by atoms with Crippen molar-refractivity contribution in [2.24, 2.45) is 5.92 Å². The predicted molar refractivity (Wildman–Crippen MR) is 103 cm³/mol. The van der Waals surface area contributed by atoms with E-state index in [1.807, 2.05) is 17.2 Å². The molecule has 1 saturated carbocycles. The zero-order chi connectivity index (χ0) is 18.1. The molecule has 2 aromatic heterocycles. The molecule has 0 saturated heterocycles. The van der Waals surface area contributed by atoms with Crippen molar-refractivity contribution in [2.45, 2.75) is 19.3 Å². The summed E-state index contributed by atoms with van der Waals surface area (Å²) >= 11 is 3.42. The van der Waals surface area contributed by atoms with Crippen molar-refractivity contribution in [3.05, 3.63) is 64.3 Å². The summed E-state index contributed by atoms with van der Waals surface area (Å²) in [4.78, 5) is 22.3. The van der Waals surface area contributed by atoms with Crippen LogP contribution in [0.5, 0.6) is 0 Å². The number of H-pyrrole nitrogens is 1. The van der Waals surface area contributed by atoms with Gasteiger partial charge in [-0.05, 0) is 77.0 Å². The Labute approximate surface area is 159 Å². The van der Waals surface area contributed by atoms with Gasteiger partial charge in [0.25, 0.3) is 5.91 Å². The van der Waals surface area contributed by atoms with Crippen LogP contribution in [0.4, 0.5) is 4.39 Å². The van der Waals surface area contributed by atoms with Gasteiger partial charge in [0.2, 0.25) is 0 Å². The number of halogens is 2. The fourth-order valence-corrected chi connectivity index (χ4v) is 3.62. The minimum Gasteiger partial charge on any atom is -0.361 e. The first-order valence-electron chi connectivity index (χ1n) is 8.77. The number of fused-ring (bicyclic) bond motifs is 1. The molecule has 0 unspecified atom stereocenters. The standard InChI is InChI=1S/C20H19BrFN3O/c21-17-2-1-8-23-19(17)20(26)25(12-13-3-4-13)9-7-14-11-24-18-6-5-15(22)10-16(14)18/h1-2,5-6,8,10-11,13,24H,3-4,7,9,12H2. The van der Waals surface area contributed by atoms with Crippen LogP contribution in [0.2, 0.25) is 0 Å². The zero-order valence-corrected chi connectivity index (χ0v) is 15.8. The Balaban J connectivity index is 1.54. The molecule has 1 aliphatic rings. The number of aromatic nitrogens is 2. The minimum absolute atomic E-state index is 0.0598. The van der Waals surface area contributed by atoms with E-state index in [2.05, 4.69) is 25.9 Å². The van der Waals surface area contributed by atoms with Gasteiger partial charge in [-0.1, -0.05) is 0 Å². The predicted octanol–water partition coefficient (Wildman–Crippen LogP) is 4.56. The molecule has 4 nitrogen and oxygen atoms in total. The Morgan fingerprint density at radius 2 is 2.19 bits per heavy atom. The first-order chi connectivity index (χ1) is 12.6. The quantitative estimate of drug-likeness (QED) is 0.641. The molecule has 1 aliphatic carbocycles. The van der Waals surface area contributed by atoms with Crippen LogP contribution in [0.3, 0.4) is 0 Å². The molecule has 26 heavy (non-hydrogen) atoms. The highest BCUT2D eigenvalue weighted by Gasteiger charge is 2.28. The second-order valence-electron chi connectivity index (χ2n) is 6.78. The second-order valence-corrected chi connectivity index (χ2v) is 7.64. The number of amides is 1. The first-order valence-corrected chi connectivity index (χ1v) is 9.56. The Morgan fingerprint density at radius 1 is 1.35 bits per heavy atom. The average Bonchev–Trinajstić information content (AvgIpc) is 3.37. The van der Waals surface area contributed by atoms with E-state index in [-0.39, 0.29) is 11.7 Å². The van der Waals surface area contributed by atoms with E-state index in [1.165, 1.54) is 18.9 Å². The molecular formula is C20H19BrFN3O. The fraction of sp³-hybridized carbons (Fsp3) is 0.300. The summed E-state index contributed by atoms with van der Waals surface area (Å²) in [6.07, 6.45) is 6.56. The third-order valence-corrected chi connectivity index (χ3v) is 5.44. The Bertz CT molecular complexity index is 951. The van der Waals surface area contributed by atoms with Crippen LogP contribution in [0, 0.1) is 11.7 Å². The maximum atomic E-state index is 13.6. The number of aromatic amines is 1. The summed E-state index contributed by atoms with van der Waals surface area (Å²) in [5.74, 6) is 0.277. The SMILES string of the molecule is O=C(c1ncccc1Br)N(CCc1c[nH]c2ccc(F)cc12)CC1CC1. The molecule has 0 spiro atoms. The van der Waals surface area contributed by atoms with Gasteiger partial charge in [-0.2, -0.15) is 0 Å². The normalized spacial score (nSPS) is 13.9. The van der Waals surface area contributed by atoms with Gasteiger partial charge in [0.15, 0.2) is 0 Å². The lowest BCUT2D eigenvalue weighted by Crippen LogP contribution is -2.35. The van der Waals surface area contributed by atoms with E-state index < -0.39 is 0 Å². The number of hydrogen-bond acceptors (Lipinski definition) is 2. The molecule has 1 amide bonds. The molecule has 0 aliphatic heterocycles. The number of nitrogens with zero attached hydrogens (tertiary/aromatic N) is 2. The first kappa shape index (κ1) is 17.2. The third-order valence-electron chi connectivity index (χ3n) is 4.80. The Morgan fingerprint density at radius 3 is 2.96 bits per heavy atom. The number of carbonyl (C=O) groups is 1. The monoisotopic (exact) mass is 415 g/mol. The smallest absolute Gasteiger partial charge is 0.273 e. The van der Waals surface area contributed by atoms with Gasteiger partial charge in [-0.3, -0.25) is 4.79 Å². The summed E-state index contributed by atoms with van der Waals surface area (Å²) in [5, 5.41) is 0.878. The molecule has 0 bridgehead atoms. The van der Waals surface area contributed by atoms with Crippen LogP contribution in [0.15, 0.2) is 47.2 Å². The Kier molecular flexibility index (Phi) is 4.76. The molecule has 6 heteroatoms. The van der Waals surface area contributed by atoms with Gasteiger partial charge in [0.1, 0.15) is 11.5 Å².